The van der Waals surface area contributed by atoms with Gasteiger partial charge in [-0.25, -0.2) is 0 Å². The molecule has 0 aromatic rings. The van der Waals surface area contributed by atoms with Gasteiger partial charge in [0, 0.05) is 20.2 Å². The first-order chi connectivity index (χ1) is 7.77. The smallest absolute Gasteiger partial charge is 0.248 e. The Bertz CT molecular complexity index is 211. The molecule has 16 heavy (non-hydrogen) atoms. The van der Waals surface area contributed by atoms with Crippen molar-refractivity contribution in [3.63, 3.8) is 0 Å². The Kier molecular flexibility index (Phi) is 6.32. The largest absolute Gasteiger partial charge is 0.394 e. The zero-order valence-electron chi connectivity index (χ0n) is 9.55. The summed E-state index contributed by atoms with van der Waals surface area (Å²) < 4.78 is 15.2. The van der Waals surface area contributed by atoms with Crippen LogP contribution in [-0.2, 0) is 19.0 Å². The van der Waals surface area contributed by atoms with Gasteiger partial charge in [0.25, 0.3) is 0 Å². The van der Waals surface area contributed by atoms with Crippen molar-refractivity contribution in [3.8, 4) is 0 Å². The van der Waals surface area contributed by atoms with Crippen LogP contribution in [0.5, 0.6) is 0 Å². The number of carbonyl (C=O) groups excluding carboxylic acids is 1. The minimum Gasteiger partial charge on any atom is -0.394 e. The number of hydrogen-bond donors (Lipinski definition) is 1. The average molecular weight is 233 g/mol. The van der Waals surface area contributed by atoms with E-state index < -0.39 is 0 Å². The van der Waals surface area contributed by atoms with Gasteiger partial charge in [-0.05, 0) is 0 Å². The molecule has 94 valence electrons. The minimum absolute atomic E-state index is 0.0571. The van der Waals surface area contributed by atoms with Crippen LogP contribution in [0.2, 0.25) is 0 Å². The summed E-state index contributed by atoms with van der Waals surface area (Å²) in [7, 11) is 1.58. The summed E-state index contributed by atoms with van der Waals surface area (Å²) in [5, 5.41) is 8.93. The van der Waals surface area contributed by atoms with E-state index in [0.717, 1.165) is 0 Å². The van der Waals surface area contributed by atoms with E-state index in [1.165, 1.54) is 0 Å². The van der Waals surface area contributed by atoms with E-state index in [1.54, 1.807) is 12.0 Å². The maximum absolute atomic E-state index is 11.6. The first-order valence-corrected chi connectivity index (χ1v) is 5.35. The Morgan fingerprint density at radius 1 is 1.56 bits per heavy atom. The van der Waals surface area contributed by atoms with Gasteiger partial charge in [0.1, 0.15) is 6.61 Å². The number of amides is 1. The van der Waals surface area contributed by atoms with Crippen LogP contribution >= 0.6 is 0 Å². The molecule has 1 heterocycles. The molecule has 6 nitrogen and oxygen atoms in total. The topological polar surface area (TPSA) is 68.2 Å². The van der Waals surface area contributed by atoms with Gasteiger partial charge in [0.05, 0.1) is 32.5 Å². The Hall–Kier alpha value is -0.690. The van der Waals surface area contributed by atoms with Gasteiger partial charge in [-0.15, -0.1) is 0 Å². The molecule has 0 saturated carbocycles. The van der Waals surface area contributed by atoms with Crippen molar-refractivity contribution in [3.05, 3.63) is 0 Å². The normalized spacial score (nSPS) is 21.1. The highest BCUT2D eigenvalue weighted by molar-refractivity contribution is 5.77. The summed E-state index contributed by atoms with van der Waals surface area (Å²) in [6.07, 6.45) is -0.267. The second kappa shape index (κ2) is 7.56. The number of nitrogens with zero attached hydrogens (tertiary/aromatic N) is 1. The molecule has 1 fully saturated rings. The molecule has 1 unspecified atom stereocenters. The van der Waals surface area contributed by atoms with Crippen molar-refractivity contribution in [2.45, 2.75) is 6.10 Å². The number of rotatable bonds is 6. The number of carbonyl (C=O) groups is 1. The summed E-state index contributed by atoms with van der Waals surface area (Å²) in [4.78, 5) is 13.3. The van der Waals surface area contributed by atoms with E-state index >= 15 is 0 Å². The van der Waals surface area contributed by atoms with Crippen molar-refractivity contribution < 1.29 is 24.1 Å². The van der Waals surface area contributed by atoms with E-state index in [-0.39, 0.29) is 25.2 Å². The lowest BCUT2D eigenvalue weighted by atomic mass is 10.3. The molecule has 0 bridgehead atoms. The Labute approximate surface area is 95.1 Å². The highest BCUT2D eigenvalue weighted by Crippen LogP contribution is 2.04. The summed E-state index contributed by atoms with van der Waals surface area (Å²) in [5.41, 5.74) is 0. The standard InChI is InChI=1S/C10H19NO5/c1-14-4-5-15-8-10(13)11-2-3-16-9(6-11)7-12/h9,12H,2-8H2,1H3. The molecular weight excluding hydrogens is 214 g/mol. The SMILES string of the molecule is COCCOCC(=O)N1CCOC(CO)C1. The van der Waals surface area contributed by atoms with Gasteiger partial charge in [0.15, 0.2) is 0 Å². The fourth-order valence-corrected chi connectivity index (χ4v) is 1.45. The van der Waals surface area contributed by atoms with Crippen LogP contribution in [0.3, 0.4) is 0 Å². The summed E-state index contributed by atoms with van der Waals surface area (Å²) in [6, 6.07) is 0. The molecule has 1 N–H and O–H groups in total. The molecule has 0 aromatic heterocycles. The first-order valence-electron chi connectivity index (χ1n) is 5.35. The number of aliphatic hydroxyl groups is 1. The number of ether oxygens (including phenoxy) is 3. The molecular formula is C10H19NO5. The number of hydrogen-bond acceptors (Lipinski definition) is 5. The molecule has 1 aliphatic heterocycles. The molecule has 1 aliphatic rings. The second-order valence-electron chi connectivity index (χ2n) is 3.56. The lowest BCUT2D eigenvalue weighted by Crippen LogP contribution is -2.48. The third kappa shape index (κ3) is 4.44. The van der Waals surface area contributed by atoms with Crippen molar-refractivity contribution in [1.29, 1.82) is 0 Å². The Morgan fingerprint density at radius 2 is 2.38 bits per heavy atom. The van der Waals surface area contributed by atoms with Gasteiger partial charge in [-0.2, -0.15) is 0 Å². The van der Waals surface area contributed by atoms with E-state index in [9.17, 15) is 4.79 Å². The highest BCUT2D eigenvalue weighted by atomic mass is 16.5. The van der Waals surface area contributed by atoms with Gasteiger partial charge < -0.3 is 24.2 Å². The molecule has 6 heteroatoms. The van der Waals surface area contributed by atoms with Crippen LogP contribution in [0.25, 0.3) is 0 Å². The van der Waals surface area contributed by atoms with E-state index in [1.807, 2.05) is 0 Å². The van der Waals surface area contributed by atoms with Crippen LogP contribution in [0.1, 0.15) is 0 Å². The summed E-state index contributed by atoms with van der Waals surface area (Å²) >= 11 is 0. The molecule has 1 atom stereocenters. The van der Waals surface area contributed by atoms with Crippen LogP contribution in [0.4, 0.5) is 0 Å². The van der Waals surface area contributed by atoms with Crippen molar-refractivity contribution in [2.24, 2.45) is 0 Å². The van der Waals surface area contributed by atoms with Gasteiger partial charge in [0.2, 0.25) is 5.91 Å². The molecule has 1 saturated heterocycles. The predicted octanol–water partition coefficient (Wildman–Crippen LogP) is -1.13. The maximum atomic E-state index is 11.6. The van der Waals surface area contributed by atoms with Crippen molar-refractivity contribution in [1.82, 2.24) is 4.90 Å². The lowest BCUT2D eigenvalue weighted by molar-refractivity contribution is -0.145. The fourth-order valence-electron chi connectivity index (χ4n) is 1.45. The maximum Gasteiger partial charge on any atom is 0.248 e. The van der Waals surface area contributed by atoms with Gasteiger partial charge in [-0.3, -0.25) is 4.79 Å². The third-order valence-corrected chi connectivity index (χ3v) is 2.35. The molecule has 0 aliphatic carbocycles. The van der Waals surface area contributed by atoms with Gasteiger partial charge >= 0.3 is 0 Å². The number of aliphatic hydroxyl groups excluding tert-OH is 1. The molecule has 0 radical (unpaired) electrons. The first kappa shape index (κ1) is 13.4. The predicted molar refractivity (Wildman–Crippen MR) is 56.1 cm³/mol. The van der Waals surface area contributed by atoms with E-state index in [2.05, 4.69) is 0 Å². The number of morpholine rings is 1. The van der Waals surface area contributed by atoms with Crippen LogP contribution in [-0.4, -0.2) is 75.3 Å². The van der Waals surface area contributed by atoms with Crippen LogP contribution < -0.4 is 0 Å². The summed E-state index contributed by atoms with van der Waals surface area (Å²) in [6.45, 7) is 2.35. The molecule has 1 amide bonds. The fraction of sp³-hybridized carbons (Fsp3) is 0.900. The highest BCUT2D eigenvalue weighted by Gasteiger charge is 2.23. The van der Waals surface area contributed by atoms with Crippen molar-refractivity contribution in [2.75, 3.05) is 53.2 Å². The quantitative estimate of drug-likeness (QED) is 0.588. The monoisotopic (exact) mass is 233 g/mol. The lowest BCUT2D eigenvalue weighted by Gasteiger charge is -2.31. The Morgan fingerprint density at radius 3 is 3.06 bits per heavy atom. The number of methoxy groups -OCH3 is 1. The van der Waals surface area contributed by atoms with Gasteiger partial charge in [-0.1, -0.05) is 0 Å². The average Bonchev–Trinajstić information content (AvgIpc) is 2.34. The molecule has 0 spiro atoms. The zero-order valence-corrected chi connectivity index (χ0v) is 9.55. The summed E-state index contributed by atoms with van der Waals surface area (Å²) in [5.74, 6) is -0.0714. The molecule has 1 rings (SSSR count). The van der Waals surface area contributed by atoms with Crippen molar-refractivity contribution >= 4 is 5.91 Å². The van der Waals surface area contributed by atoms with Crippen LogP contribution in [0.15, 0.2) is 0 Å². The minimum atomic E-state index is -0.267. The van der Waals surface area contributed by atoms with Crippen LogP contribution in [0, 0.1) is 0 Å². The Balaban J connectivity index is 2.19. The third-order valence-electron chi connectivity index (χ3n) is 2.35. The zero-order chi connectivity index (χ0) is 11.8. The van der Waals surface area contributed by atoms with E-state index in [0.29, 0.717) is 32.9 Å². The molecule has 0 aromatic carbocycles. The second-order valence-corrected chi connectivity index (χ2v) is 3.56. The van der Waals surface area contributed by atoms with E-state index in [4.69, 9.17) is 19.3 Å².